The van der Waals surface area contributed by atoms with Gasteiger partial charge in [0.25, 0.3) is 5.56 Å². The number of carbonyl (C=O) groups is 1. The van der Waals surface area contributed by atoms with Crippen LogP contribution in [0.25, 0.3) is 21.9 Å². The molecular formula is C29H28N4O3. The number of carbonyl (C=O) groups excluding carboxylic acids is 1. The first-order chi connectivity index (χ1) is 17.6. The highest BCUT2D eigenvalue weighted by Gasteiger charge is 2.18. The quantitative estimate of drug-likeness (QED) is 0.322. The topological polar surface area (TPSA) is 78.2 Å². The fourth-order valence-corrected chi connectivity index (χ4v) is 4.52. The van der Waals surface area contributed by atoms with Crippen molar-refractivity contribution in [3.05, 3.63) is 107 Å². The van der Waals surface area contributed by atoms with E-state index in [9.17, 15) is 9.59 Å². The van der Waals surface area contributed by atoms with Crippen molar-refractivity contribution in [1.82, 2.24) is 19.4 Å². The first kappa shape index (κ1) is 23.4. The Labute approximate surface area is 209 Å². The minimum absolute atomic E-state index is 0.0544. The van der Waals surface area contributed by atoms with Crippen molar-refractivity contribution in [1.29, 1.82) is 0 Å². The average molecular weight is 481 g/mol. The molecule has 5 rings (SSSR count). The van der Waals surface area contributed by atoms with Gasteiger partial charge < -0.3 is 14.6 Å². The van der Waals surface area contributed by atoms with Gasteiger partial charge in [0.2, 0.25) is 5.91 Å². The van der Waals surface area contributed by atoms with Gasteiger partial charge in [-0.3, -0.25) is 14.2 Å². The van der Waals surface area contributed by atoms with Crippen molar-refractivity contribution in [2.45, 2.75) is 25.9 Å². The van der Waals surface area contributed by atoms with E-state index in [1.54, 1.807) is 22.6 Å². The molecule has 0 bridgehead atoms. The third kappa shape index (κ3) is 4.86. The molecule has 1 N–H and O–H groups in total. The van der Waals surface area contributed by atoms with Crippen molar-refractivity contribution in [2.75, 3.05) is 13.7 Å². The number of fused-ring (bicyclic) bond motifs is 3. The highest BCUT2D eigenvalue weighted by atomic mass is 16.5. The zero-order valence-corrected chi connectivity index (χ0v) is 20.2. The maximum atomic E-state index is 13.6. The number of methoxy groups -OCH3 is 1. The Kier molecular flexibility index (Phi) is 6.80. The van der Waals surface area contributed by atoms with E-state index in [2.05, 4.69) is 22.4 Å². The van der Waals surface area contributed by atoms with Crippen LogP contribution in [-0.4, -0.2) is 33.7 Å². The van der Waals surface area contributed by atoms with Crippen LogP contribution in [0.5, 0.6) is 5.75 Å². The smallest absolute Gasteiger partial charge is 0.278 e. The van der Waals surface area contributed by atoms with Gasteiger partial charge >= 0.3 is 0 Å². The number of nitrogens with one attached hydrogen (secondary N) is 1. The fraction of sp³-hybridized carbons (Fsp3) is 0.207. The lowest BCUT2D eigenvalue weighted by atomic mass is 10.1. The second-order valence-electron chi connectivity index (χ2n) is 8.77. The third-order valence-electron chi connectivity index (χ3n) is 6.35. The number of aryl methyl sites for hydroxylation is 1. The monoisotopic (exact) mass is 480 g/mol. The van der Waals surface area contributed by atoms with Gasteiger partial charge in [0.05, 0.1) is 25.5 Å². The van der Waals surface area contributed by atoms with Crippen molar-refractivity contribution in [3.63, 3.8) is 0 Å². The molecule has 0 saturated heterocycles. The maximum Gasteiger partial charge on any atom is 0.278 e. The molecule has 0 aliphatic carbocycles. The molecule has 3 aromatic carbocycles. The average Bonchev–Trinajstić information content (AvgIpc) is 3.23. The molecule has 0 spiro atoms. The number of amides is 1. The number of para-hydroxylation sites is 1. The Balaban J connectivity index is 1.39. The van der Waals surface area contributed by atoms with Crippen LogP contribution >= 0.6 is 0 Å². The van der Waals surface area contributed by atoms with E-state index in [0.29, 0.717) is 24.1 Å². The molecule has 2 heterocycles. The third-order valence-corrected chi connectivity index (χ3v) is 6.35. The first-order valence-corrected chi connectivity index (χ1v) is 12.0. The summed E-state index contributed by atoms with van der Waals surface area (Å²) in [4.78, 5) is 31.1. The van der Waals surface area contributed by atoms with Crippen molar-refractivity contribution < 1.29 is 9.53 Å². The van der Waals surface area contributed by atoms with Gasteiger partial charge in [0.15, 0.2) is 0 Å². The lowest BCUT2D eigenvalue weighted by Crippen LogP contribution is -2.30. The summed E-state index contributed by atoms with van der Waals surface area (Å²) < 4.78 is 8.59. The number of benzene rings is 3. The Hall–Kier alpha value is -4.39. The summed E-state index contributed by atoms with van der Waals surface area (Å²) in [7, 11) is 1.62. The lowest BCUT2D eigenvalue weighted by Gasteiger charge is -2.10. The van der Waals surface area contributed by atoms with Crippen molar-refractivity contribution in [2.24, 2.45) is 0 Å². The summed E-state index contributed by atoms with van der Waals surface area (Å²) in [5, 5.41) is 3.86. The highest BCUT2D eigenvalue weighted by Crippen LogP contribution is 2.25. The summed E-state index contributed by atoms with van der Waals surface area (Å²) in [5.41, 5.74) is 3.89. The predicted molar refractivity (Wildman–Crippen MR) is 141 cm³/mol. The minimum Gasteiger partial charge on any atom is -0.497 e. The van der Waals surface area contributed by atoms with Crippen molar-refractivity contribution >= 4 is 27.8 Å². The summed E-state index contributed by atoms with van der Waals surface area (Å²) in [6.07, 6.45) is 3.32. The molecule has 0 radical (unpaired) electrons. The largest absolute Gasteiger partial charge is 0.497 e. The van der Waals surface area contributed by atoms with Gasteiger partial charge in [-0.05, 0) is 42.2 Å². The van der Waals surface area contributed by atoms with Gasteiger partial charge in [-0.25, -0.2) is 4.98 Å². The van der Waals surface area contributed by atoms with Crippen LogP contribution in [0.2, 0.25) is 0 Å². The molecule has 0 saturated carbocycles. The zero-order chi connectivity index (χ0) is 24.9. The summed E-state index contributed by atoms with van der Waals surface area (Å²) in [6.45, 7) is 1.00. The van der Waals surface area contributed by atoms with Crippen LogP contribution in [0.15, 0.2) is 90.0 Å². The van der Waals surface area contributed by atoms with Gasteiger partial charge in [-0.2, -0.15) is 0 Å². The maximum absolute atomic E-state index is 13.6. The molecular weight excluding hydrogens is 452 g/mol. The Morgan fingerprint density at radius 2 is 1.69 bits per heavy atom. The molecule has 0 aliphatic rings. The van der Waals surface area contributed by atoms with E-state index in [4.69, 9.17) is 4.74 Å². The van der Waals surface area contributed by atoms with E-state index in [0.717, 1.165) is 35.1 Å². The fourth-order valence-electron chi connectivity index (χ4n) is 4.52. The second kappa shape index (κ2) is 10.5. The number of rotatable bonds is 9. The van der Waals surface area contributed by atoms with E-state index >= 15 is 0 Å². The van der Waals surface area contributed by atoms with Gasteiger partial charge in [0.1, 0.15) is 23.3 Å². The Morgan fingerprint density at radius 3 is 2.47 bits per heavy atom. The number of hydrogen-bond donors (Lipinski definition) is 1. The predicted octanol–water partition coefficient (Wildman–Crippen LogP) is 4.16. The summed E-state index contributed by atoms with van der Waals surface area (Å²) >= 11 is 0. The van der Waals surface area contributed by atoms with E-state index in [1.165, 1.54) is 5.56 Å². The molecule has 182 valence electrons. The summed E-state index contributed by atoms with van der Waals surface area (Å²) in [6, 6.07) is 25.5. The van der Waals surface area contributed by atoms with Crippen LogP contribution in [0.1, 0.15) is 17.5 Å². The van der Waals surface area contributed by atoms with Crippen LogP contribution in [0.3, 0.4) is 0 Å². The SMILES string of the molecule is COc1ccc(Cn2cnc3c4ccccc4n(CC(=O)NCCCc4ccccc4)c3c2=O)cc1. The van der Waals surface area contributed by atoms with E-state index in [-0.39, 0.29) is 18.0 Å². The first-order valence-electron chi connectivity index (χ1n) is 12.0. The number of nitrogens with zero attached hydrogens (tertiary/aromatic N) is 3. The molecule has 0 fully saturated rings. The molecule has 0 aliphatic heterocycles. The molecule has 36 heavy (non-hydrogen) atoms. The van der Waals surface area contributed by atoms with Gasteiger partial charge in [-0.15, -0.1) is 0 Å². The Bertz CT molecular complexity index is 1550. The van der Waals surface area contributed by atoms with E-state index < -0.39 is 0 Å². The number of ether oxygens (including phenoxy) is 1. The summed E-state index contributed by atoms with van der Waals surface area (Å²) in [5.74, 6) is 0.630. The molecule has 0 unspecified atom stereocenters. The molecule has 0 atom stereocenters. The van der Waals surface area contributed by atoms with Crippen molar-refractivity contribution in [3.8, 4) is 5.75 Å². The number of hydrogen-bond acceptors (Lipinski definition) is 4. The molecule has 5 aromatic rings. The van der Waals surface area contributed by atoms with Crippen LogP contribution < -0.4 is 15.6 Å². The Morgan fingerprint density at radius 1 is 0.944 bits per heavy atom. The van der Waals surface area contributed by atoms with Gasteiger partial charge in [0, 0.05) is 11.9 Å². The molecule has 1 amide bonds. The molecule has 2 aromatic heterocycles. The molecule has 7 heteroatoms. The van der Waals surface area contributed by atoms with Gasteiger partial charge in [-0.1, -0.05) is 60.7 Å². The second-order valence-corrected chi connectivity index (χ2v) is 8.77. The zero-order valence-electron chi connectivity index (χ0n) is 20.2. The van der Waals surface area contributed by atoms with E-state index in [1.807, 2.05) is 66.7 Å². The highest BCUT2D eigenvalue weighted by molar-refractivity contribution is 6.06. The van der Waals surface area contributed by atoms with Crippen LogP contribution in [0, 0.1) is 0 Å². The van der Waals surface area contributed by atoms with Crippen LogP contribution in [-0.2, 0) is 24.3 Å². The van der Waals surface area contributed by atoms with Crippen LogP contribution in [0.4, 0.5) is 0 Å². The normalized spacial score (nSPS) is 11.1. The number of aromatic nitrogens is 3. The lowest BCUT2D eigenvalue weighted by molar-refractivity contribution is -0.121. The molecule has 7 nitrogen and oxygen atoms in total. The minimum atomic E-state index is -0.177. The standard InChI is InChI=1S/C29H28N4O3/c1-36-23-15-13-22(14-16-23)18-32-20-31-27-24-11-5-6-12-25(24)33(28(27)29(32)35)19-26(34)30-17-7-10-21-8-3-2-4-9-21/h2-6,8-9,11-16,20H,7,10,17-19H2,1H3,(H,30,34).